The first-order valence-electron chi connectivity index (χ1n) is 10.8. The maximum absolute atomic E-state index is 13.3. The second kappa shape index (κ2) is 7.76. The summed E-state index contributed by atoms with van der Waals surface area (Å²) in [4.78, 5) is 23.8. The summed E-state index contributed by atoms with van der Waals surface area (Å²) in [6, 6.07) is 2.70. The molecule has 16 heteroatoms. The average molecular weight is 528 g/mol. The number of aryl methyl sites for hydroxylation is 2. The molecular formula is C21H15F3N10O2S. The summed E-state index contributed by atoms with van der Waals surface area (Å²) < 4.78 is 44.8. The summed E-state index contributed by atoms with van der Waals surface area (Å²) in [5.74, 6) is 0.283. The van der Waals surface area contributed by atoms with E-state index in [2.05, 4.69) is 30.2 Å². The van der Waals surface area contributed by atoms with Gasteiger partial charge >= 0.3 is 11.9 Å². The molecule has 12 nitrogen and oxygen atoms in total. The van der Waals surface area contributed by atoms with Gasteiger partial charge in [0.05, 0.1) is 10.4 Å². The monoisotopic (exact) mass is 528 g/mol. The molecule has 0 unspecified atom stereocenters. The fraction of sp³-hybridized carbons (Fsp3) is 0.238. The molecule has 0 atom stereocenters. The van der Waals surface area contributed by atoms with Gasteiger partial charge in [-0.3, -0.25) is 14.8 Å². The molecule has 0 aromatic carbocycles. The Balaban J connectivity index is 1.40. The zero-order chi connectivity index (χ0) is 26.2. The summed E-state index contributed by atoms with van der Waals surface area (Å²) >= 11 is 1.07. The molecule has 0 amide bonds. The lowest BCUT2D eigenvalue weighted by atomic mass is 10.1. The van der Waals surface area contributed by atoms with Gasteiger partial charge < -0.3 is 0 Å². The van der Waals surface area contributed by atoms with Crippen LogP contribution in [-0.4, -0.2) is 49.1 Å². The highest BCUT2D eigenvalue weighted by Crippen LogP contribution is 2.38. The average Bonchev–Trinajstić information content (AvgIpc) is 3.57. The van der Waals surface area contributed by atoms with Gasteiger partial charge in [-0.25, -0.2) is 24.1 Å². The third kappa shape index (κ3) is 3.59. The van der Waals surface area contributed by atoms with Crippen LogP contribution >= 0.6 is 11.3 Å². The van der Waals surface area contributed by atoms with E-state index in [1.807, 2.05) is 0 Å². The van der Waals surface area contributed by atoms with Gasteiger partial charge in [0.15, 0.2) is 5.65 Å². The van der Waals surface area contributed by atoms with Gasteiger partial charge in [0.1, 0.15) is 45.3 Å². The number of nitro groups is 1. The van der Waals surface area contributed by atoms with Crippen molar-refractivity contribution in [3.8, 4) is 11.5 Å². The Kier molecular flexibility index (Phi) is 4.82. The maximum atomic E-state index is 13.3. The zero-order valence-corrected chi connectivity index (χ0v) is 20.2. The van der Waals surface area contributed by atoms with Crippen LogP contribution in [0.1, 0.15) is 22.6 Å². The van der Waals surface area contributed by atoms with Crippen molar-refractivity contribution in [2.45, 2.75) is 33.6 Å². The number of thiophene rings is 1. The van der Waals surface area contributed by atoms with Crippen molar-refractivity contribution in [1.82, 2.24) is 44.1 Å². The molecule has 0 bridgehead atoms. The molecule has 0 aliphatic heterocycles. The van der Waals surface area contributed by atoms with Gasteiger partial charge in [-0.1, -0.05) is 0 Å². The highest BCUT2D eigenvalue weighted by Gasteiger charge is 2.34. The third-order valence-corrected chi connectivity index (χ3v) is 7.00. The van der Waals surface area contributed by atoms with E-state index in [0.717, 1.165) is 17.4 Å². The van der Waals surface area contributed by atoms with Crippen molar-refractivity contribution in [2.24, 2.45) is 0 Å². The highest BCUT2D eigenvalue weighted by molar-refractivity contribution is 7.26. The molecule has 6 aromatic heterocycles. The third-order valence-electron chi connectivity index (χ3n) is 5.93. The molecule has 6 rings (SSSR count). The first-order chi connectivity index (χ1) is 17.5. The SMILES string of the molecule is Cc1nn(Cn2ccc(-c3nc4c5sc6nc(C(F)(F)F)cc(C)c6c5ncn4n3)n2)c(C)c1[N+](=O)[O-]. The van der Waals surface area contributed by atoms with Gasteiger partial charge in [0.2, 0.25) is 5.82 Å². The lowest BCUT2D eigenvalue weighted by Gasteiger charge is -2.06. The lowest BCUT2D eigenvalue weighted by molar-refractivity contribution is -0.386. The molecule has 0 aliphatic rings. The second-order valence-electron chi connectivity index (χ2n) is 8.39. The van der Waals surface area contributed by atoms with Crippen LogP contribution in [0.5, 0.6) is 0 Å². The van der Waals surface area contributed by atoms with Crippen LogP contribution in [0, 0.1) is 30.9 Å². The van der Waals surface area contributed by atoms with E-state index in [1.54, 1.807) is 37.7 Å². The van der Waals surface area contributed by atoms with E-state index in [9.17, 15) is 23.3 Å². The molecular weight excluding hydrogens is 513 g/mol. The predicted molar refractivity (Wildman–Crippen MR) is 126 cm³/mol. The van der Waals surface area contributed by atoms with Crippen molar-refractivity contribution < 1.29 is 18.1 Å². The Hall–Kier alpha value is -4.47. The van der Waals surface area contributed by atoms with Crippen LogP contribution in [0.3, 0.4) is 0 Å². The molecule has 6 aromatic rings. The number of nitrogens with zero attached hydrogens (tertiary/aromatic N) is 10. The number of rotatable bonds is 4. The predicted octanol–water partition coefficient (Wildman–Crippen LogP) is 4.31. The number of hydrogen-bond donors (Lipinski definition) is 0. The fourth-order valence-electron chi connectivity index (χ4n) is 4.25. The molecule has 0 radical (unpaired) electrons. The molecule has 0 N–H and O–H groups in total. The van der Waals surface area contributed by atoms with Crippen molar-refractivity contribution >= 4 is 43.1 Å². The van der Waals surface area contributed by atoms with Crippen molar-refractivity contribution in [3.63, 3.8) is 0 Å². The van der Waals surface area contributed by atoms with Crippen LogP contribution in [0.15, 0.2) is 24.7 Å². The van der Waals surface area contributed by atoms with Crippen molar-refractivity contribution in [2.75, 3.05) is 0 Å². The number of alkyl halides is 3. The van der Waals surface area contributed by atoms with Crippen LogP contribution in [-0.2, 0) is 12.8 Å². The van der Waals surface area contributed by atoms with Gasteiger partial charge in [-0.05, 0) is 38.5 Å². The summed E-state index contributed by atoms with van der Waals surface area (Å²) in [6.45, 7) is 4.92. The number of aromatic nitrogens is 9. The Morgan fingerprint density at radius 3 is 2.62 bits per heavy atom. The Morgan fingerprint density at radius 1 is 1.14 bits per heavy atom. The van der Waals surface area contributed by atoms with E-state index in [-0.39, 0.29) is 23.0 Å². The summed E-state index contributed by atoms with van der Waals surface area (Å²) in [5.41, 5.74) is 1.49. The lowest BCUT2D eigenvalue weighted by Crippen LogP contribution is -2.11. The quantitative estimate of drug-likeness (QED) is 0.244. The van der Waals surface area contributed by atoms with Gasteiger partial charge in [-0.15, -0.1) is 16.4 Å². The first kappa shape index (κ1) is 23.0. The van der Waals surface area contributed by atoms with E-state index in [4.69, 9.17) is 0 Å². The van der Waals surface area contributed by atoms with E-state index in [0.29, 0.717) is 43.9 Å². The topological polar surface area (TPSA) is 135 Å². The molecule has 0 aliphatic carbocycles. The summed E-state index contributed by atoms with van der Waals surface area (Å²) in [5, 5.41) is 24.9. The standard InChI is InChI=1S/C21H15F3N10O2S/c1-9-6-13(21(22,23)24)26-20-14(9)15-17(37-20)19-27-18(30-32(19)7-25-15)12-4-5-31(29-12)8-33-11(3)16(34(35)36)10(2)28-33/h4-7H,8H2,1-3H3. The van der Waals surface area contributed by atoms with Gasteiger partial charge in [0, 0.05) is 11.6 Å². The van der Waals surface area contributed by atoms with Gasteiger partial charge in [0.25, 0.3) is 0 Å². The normalized spacial score (nSPS) is 12.4. The fourth-order valence-corrected chi connectivity index (χ4v) is 5.43. The molecule has 0 spiro atoms. The second-order valence-corrected chi connectivity index (χ2v) is 9.39. The van der Waals surface area contributed by atoms with Crippen LogP contribution in [0.25, 0.3) is 37.6 Å². The van der Waals surface area contributed by atoms with Crippen molar-refractivity contribution in [3.05, 3.63) is 57.4 Å². The minimum Gasteiger partial charge on any atom is -0.258 e. The zero-order valence-electron chi connectivity index (χ0n) is 19.3. The minimum atomic E-state index is -4.56. The maximum Gasteiger partial charge on any atom is 0.433 e. The molecule has 0 saturated carbocycles. The Labute approximate surface area is 208 Å². The Bertz CT molecular complexity index is 1880. The van der Waals surface area contributed by atoms with Crippen molar-refractivity contribution in [1.29, 1.82) is 0 Å². The van der Waals surface area contributed by atoms with E-state index >= 15 is 0 Å². The summed E-state index contributed by atoms with van der Waals surface area (Å²) in [6.07, 6.45) is -1.44. The van der Waals surface area contributed by atoms with E-state index < -0.39 is 16.8 Å². The molecule has 0 saturated heterocycles. The molecule has 188 valence electrons. The largest absolute Gasteiger partial charge is 0.433 e. The minimum absolute atomic E-state index is 0.0404. The van der Waals surface area contributed by atoms with Crippen LogP contribution in [0.2, 0.25) is 0 Å². The summed E-state index contributed by atoms with van der Waals surface area (Å²) in [7, 11) is 0. The molecule has 6 heterocycles. The van der Waals surface area contributed by atoms with Crippen LogP contribution < -0.4 is 0 Å². The number of pyridine rings is 1. The number of hydrogen-bond acceptors (Lipinski definition) is 9. The Morgan fingerprint density at radius 2 is 1.92 bits per heavy atom. The number of halogens is 3. The molecule has 0 fully saturated rings. The van der Waals surface area contributed by atoms with E-state index in [1.165, 1.54) is 15.5 Å². The highest BCUT2D eigenvalue weighted by atomic mass is 32.1. The van der Waals surface area contributed by atoms with Gasteiger partial charge in [-0.2, -0.15) is 23.4 Å². The van der Waals surface area contributed by atoms with Crippen LogP contribution in [0.4, 0.5) is 18.9 Å². The number of fused-ring (bicyclic) bond motifs is 5. The smallest absolute Gasteiger partial charge is 0.258 e. The first-order valence-corrected chi connectivity index (χ1v) is 11.6. The molecule has 37 heavy (non-hydrogen) atoms.